The number of anilines is 1. The molecule has 1 aliphatic heterocycles. The summed E-state index contributed by atoms with van der Waals surface area (Å²) < 4.78 is 12.9. The van der Waals surface area contributed by atoms with Gasteiger partial charge in [-0.3, -0.25) is 9.36 Å². The zero-order chi connectivity index (χ0) is 18.4. The van der Waals surface area contributed by atoms with Crippen LogP contribution in [0.2, 0.25) is 0 Å². The van der Waals surface area contributed by atoms with Gasteiger partial charge in [0.2, 0.25) is 5.91 Å². The van der Waals surface area contributed by atoms with E-state index in [9.17, 15) is 14.4 Å². The normalized spacial score (nSPS) is 21.3. The predicted molar refractivity (Wildman–Crippen MR) is 91.2 cm³/mol. The number of carbonyl (C=O) groups excluding carboxylic acids is 2. The molecule has 0 radical (unpaired) electrons. The maximum Gasteiger partial charge on any atom is 0.351 e. The van der Waals surface area contributed by atoms with E-state index in [1.54, 1.807) is 12.3 Å². The van der Waals surface area contributed by atoms with Crippen LogP contribution in [0.3, 0.4) is 0 Å². The third-order valence-corrected chi connectivity index (χ3v) is 3.88. The van der Waals surface area contributed by atoms with Crippen LogP contribution in [0.5, 0.6) is 0 Å². The lowest BCUT2D eigenvalue weighted by molar-refractivity contribution is -0.123. The fraction of sp³-hybridized carbons (Fsp3) is 0.647. The minimum atomic E-state index is -0.483. The topological polar surface area (TPSA) is 99.5 Å². The number of nitrogens with one attached hydrogen (secondary N) is 1. The SMILES string of the molecule is CC(=O)Nc1ccn([C@H]2CC[C@@H](COC(C=O)CC(C)C)O2)c(=O)n1. The van der Waals surface area contributed by atoms with Crippen molar-refractivity contribution >= 4 is 18.0 Å². The van der Waals surface area contributed by atoms with Crippen LogP contribution >= 0.6 is 0 Å². The van der Waals surface area contributed by atoms with Crippen molar-refractivity contribution in [1.29, 1.82) is 0 Å². The van der Waals surface area contributed by atoms with E-state index >= 15 is 0 Å². The predicted octanol–water partition coefficient (Wildman–Crippen LogP) is 1.51. The van der Waals surface area contributed by atoms with Crippen LogP contribution in [0.1, 0.15) is 46.3 Å². The van der Waals surface area contributed by atoms with Gasteiger partial charge in [-0.05, 0) is 31.2 Å². The van der Waals surface area contributed by atoms with Crippen LogP contribution in [-0.4, -0.2) is 40.6 Å². The molecule has 138 valence electrons. The highest BCUT2D eigenvalue weighted by atomic mass is 16.6. The number of hydrogen-bond acceptors (Lipinski definition) is 6. The molecule has 25 heavy (non-hydrogen) atoms. The van der Waals surface area contributed by atoms with Crippen molar-refractivity contribution in [3.05, 3.63) is 22.7 Å². The quantitative estimate of drug-likeness (QED) is 0.713. The van der Waals surface area contributed by atoms with Gasteiger partial charge in [-0.15, -0.1) is 0 Å². The first-order valence-electron chi connectivity index (χ1n) is 8.48. The van der Waals surface area contributed by atoms with Crippen molar-refractivity contribution < 1.29 is 19.1 Å². The van der Waals surface area contributed by atoms with Crippen molar-refractivity contribution in [1.82, 2.24) is 9.55 Å². The van der Waals surface area contributed by atoms with Crippen LogP contribution in [0.15, 0.2) is 17.1 Å². The van der Waals surface area contributed by atoms with Gasteiger partial charge in [-0.1, -0.05) is 13.8 Å². The summed E-state index contributed by atoms with van der Waals surface area (Å²) in [7, 11) is 0. The monoisotopic (exact) mass is 351 g/mol. The summed E-state index contributed by atoms with van der Waals surface area (Å²) in [5.74, 6) is 0.304. The van der Waals surface area contributed by atoms with Gasteiger partial charge in [-0.25, -0.2) is 4.79 Å². The summed E-state index contributed by atoms with van der Waals surface area (Å²) in [6, 6.07) is 1.56. The number of amides is 1. The highest BCUT2D eigenvalue weighted by molar-refractivity contribution is 5.87. The van der Waals surface area contributed by atoms with Crippen LogP contribution in [0.25, 0.3) is 0 Å². The molecular weight excluding hydrogens is 326 g/mol. The maximum atomic E-state index is 12.1. The Morgan fingerprint density at radius 2 is 2.28 bits per heavy atom. The first kappa shape index (κ1) is 19.3. The second-order valence-corrected chi connectivity index (χ2v) is 6.61. The summed E-state index contributed by atoms with van der Waals surface area (Å²) in [4.78, 5) is 38.0. The molecular formula is C17H25N3O5. The Kier molecular flexibility index (Phi) is 6.83. The van der Waals surface area contributed by atoms with Crippen molar-refractivity contribution in [2.24, 2.45) is 5.92 Å². The van der Waals surface area contributed by atoms with E-state index in [1.165, 1.54) is 11.5 Å². The molecule has 1 saturated heterocycles. The molecule has 1 amide bonds. The number of rotatable bonds is 8. The van der Waals surface area contributed by atoms with E-state index in [-0.39, 0.29) is 17.8 Å². The van der Waals surface area contributed by atoms with Gasteiger partial charge in [0.05, 0.1) is 12.7 Å². The third-order valence-electron chi connectivity index (χ3n) is 3.88. The van der Waals surface area contributed by atoms with Crippen molar-refractivity contribution in [2.75, 3.05) is 11.9 Å². The van der Waals surface area contributed by atoms with Crippen molar-refractivity contribution in [2.45, 2.75) is 58.5 Å². The largest absolute Gasteiger partial charge is 0.368 e. The first-order valence-corrected chi connectivity index (χ1v) is 8.48. The highest BCUT2D eigenvalue weighted by Crippen LogP contribution is 2.27. The number of carbonyl (C=O) groups is 2. The van der Waals surface area contributed by atoms with E-state index in [1.807, 2.05) is 13.8 Å². The minimum Gasteiger partial charge on any atom is -0.368 e. The summed E-state index contributed by atoms with van der Waals surface area (Å²) in [6.45, 7) is 5.74. The standard InChI is InChI=1S/C17H25N3O5/c1-11(2)8-14(9-21)24-10-13-4-5-16(25-13)20-7-6-15(18-12(3)22)19-17(20)23/h6-7,9,11,13-14,16H,4-5,8,10H2,1-3H3,(H,18,19,22,23)/t13-,14?,16+/m0/s1. The molecule has 0 saturated carbocycles. The summed E-state index contributed by atoms with van der Waals surface area (Å²) in [6.07, 6.45) is 3.44. The number of aldehydes is 1. The average molecular weight is 351 g/mol. The molecule has 0 bridgehead atoms. The van der Waals surface area contributed by atoms with Gasteiger partial charge in [0.25, 0.3) is 0 Å². The molecule has 2 rings (SSSR count). The Balaban J connectivity index is 1.91. The van der Waals surface area contributed by atoms with Gasteiger partial charge in [0.1, 0.15) is 24.4 Å². The molecule has 8 heteroatoms. The molecule has 1 unspecified atom stereocenters. The zero-order valence-corrected chi connectivity index (χ0v) is 14.8. The van der Waals surface area contributed by atoms with Gasteiger partial charge in [0, 0.05) is 13.1 Å². The smallest absolute Gasteiger partial charge is 0.351 e. The van der Waals surface area contributed by atoms with E-state index < -0.39 is 18.0 Å². The molecule has 2 heterocycles. The van der Waals surface area contributed by atoms with Gasteiger partial charge < -0.3 is 19.6 Å². The molecule has 0 aromatic carbocycles. The summed E-state index contributed by atoms with van der Waals surface area (Å²) >= 11 is 0. The Morgan fingerprint density at radius 1 is 1.52 bits per heavy atom. The van der Waals surface area contributed by atoms with E-state index in [2.05, 4.69) is 10.3 Å². The van der Waals surface area contributed by atoms with Gasteiger partial charge in [0.15, 0.2) is 0 Å². The average Bonchev–Trinajstić information content (AvgIpc) is 2.99. The molecule has 0 aliphatic carbocycles. The third kappa shape index (κ3) is 5.75. The van der Waals surface area contributed by atoms with Crippen LogP contribution in [0.4, 0.5) is 5.82 Å². The molecule has 3 atom stereocenters. The number of aromatic nitrogens is 2. The van der Waals surface area contributed by atoms with Crippen LogP contribution < -0.4 is 11.0 Å². The fourth-order valence-corrected chi connectivity index (χ4v) is 2.75. The Labute approximate surface area is 146 Å². The Bertz CT molecular complexity index is 658. The second-order valence-electron chi connectivity index (χ2n) is 6.61. The zero-order valence-electron chi connectivity index (χ0n) is 14.8. The molecule has 1 fully saturated rings. The van der Waals surface area contributed by atoms with Crippen molar-refractivity contribution in [3.8, 4) is 0 Å². The minimum absolute atomic E-state index is 0.165. The number of hydrogen-bond donors (Lipinski definition) is 1. The number of nitrogens with zero attached hydrogens (tertiary/aromatic N) is 2. The fourth-order valence-electron chi connectivity index (χ4n) is 2.75. The van der Waals surface area contributed by atoms with E-state index in [0.717, 1.165) is 12.7 Å². The van der Waals surface area contributed by atoms with Crippen molar-refractivity contribution in [3.63, 3.8) is 0 Å². The Morgan fingerprint density at radius 3 is 2.88 bits per heavy atom. The van der Waals surface area contributed by atoms with E-state index in [4.69, 9.17) is 9.47 Å². The number of ether oxygens (including phenoxy) is 2. The lowest BCUT2D eigenvalue weighted by atomic mass is 10.1. The molecule has 8 nitrogen and oxygen atoms in total. The maximum absolute atomic E-state index is 12.1. The lowest BCUT2D eigenvalue weighted by Gasteiger charge is -2.18. The second kappa shape index (κ2) is 8.87. The lowest BCUT2D eigenvalue weighted by Crippen LogP contribution is -2.29. The first-order chi connectivity index (χ1) is 11.9. The van der Waals surface area contributed by atoms with E-state index in [0.29, 0.717) is 25.4 Å². The van der Waals surface area contributed by atoms with Crippen LogP contribution in [-0.2, 0) is 19.1 Å². The molecule has 1 N–H and O–H groups in total. The summed E-state index contributed by atoms with van der Waals surface area (Å²) in [5.41, 5.74) is -0.483. The molecule has 0 spiro atoms. The van der Waals surface area contributed by atoms with Gasteiger partial charge >= 0.3 is 5.69 Å². The Hall–Kier alpha value is -2.06. The molecule has 1 aliphatic rings. The molecule has 1 aromatic rings. The van der Waals surface area contributed by atoms with Gasteiger partial charge in [-0.2, -0.15) is 4.98 Å². The summed E-state index contributed by atoms with van der Waals surface area (Å²) in [5, 5.41) is 2.47. The highest BCUT2D eigenvalue weighted by Gasteiger charge is 2.28. The van der Waals surface area contributed by atoms with Crippen LogP contribution in [0, 0.1) is 5.92 Å². The molecule has 1 aromatic heterocycles.